The summed E-state index contributed by atoms with van der Waals surface area (Å²) in [7, 11) is 0. The van der Waals surface area contributed by atoms with Gasteiger partial charge in [-0.2, -0.15) is 0 Å². The van der Waals surface area contributed by atoms with Crippen molar-refractivity contribution >= 4 is 11.7 Å². The lowest BCUT2D eigenvalue weighted by molar-refractivity contribution is -0.145. The third-order valence-corrected chi connectivity index (χ3v) is 5.51. The molecular formula is C20H24N4O. The van der Waals surface area contributed by atoms with Gasteiger partial charge in [-0.1, -0.05) is 29.8 Å². The number of rotatable bonds is 3. The molecule has 1 spiro atoms. The van der Waals surface area contributed by atoms with Crippen LogP contribution in [0.5, 0.6) is 0 Å². The second-order valence-electron chi connectivity index (χ2n) is 7.33. The molecule has 0 radical (unpaired) electrons. The van der Waals surface area contributed by atoms with Gasteiger partial charge >= 0.3 is 0 Å². The summed E-state index contributed by atoms with van der Waals surface area (Å²) in [5.74, 6) is 1.19. The number of carbonyl (C=O) groups is 1. The van der Waals surface area contributed by atoms with Gasteiger partial charge in [0.1, 0.15) is 5.82 Å². The van der Waals surface area contributed by atoms with Crippen LogP contribution in [-0.2, 0) is 11.3 Å². The minimum absolute atomic E-state index is 0.250. The molecule has 130 valence electrons. The van der Waals surface area contributed by atoms with Crippen molar-refractivity contribution in [3.63, 3.8) is 0 Å². The van der Waals surface area contributed by atoms with Crippen LogP contribution in [0.15, 0.2) is 42.9 Å². The fourth-order valence-corrected chi connectivity index (χ4v) is 4.24. The van der Waals surface area contributed by atoms with Crippen LogP contribution in [0.4, 0.5) is 5.82 Å². The maximum atomic E-state index is 13.3. The highest BCUT2D eigenvalue weighted by Gasteiger charge is 2.48. The summed E-state index contributed by atoms with van der Waals surface area (Å²) >= 11 is 0. The fraction of sp³-hybridized carbons (Fsp3) is 0.450. The number of piperidine rings is 1. The lowest BCUT2D eigenvalue weighted by atomic mass is 9.78. The van der Waals surface area contributed by atoms with Gasteiger partial charge in [0, 0.05) is 38.6 Å². The second kappa shape index (κ2) is 6.47. The van der Waals surface area contributed by atoms with E-state index >= 15 is 0 Å². The Morgan fingerprint density at radius 1 is 1.20 bits per heavy atom. The van der Waals surface area contributed by atoms with Crippen LogP contribution in [0.25, 0.3) is 0 Å². The predicted molar refractivity (Wildman–Crippen MR) is 97.1 cm³/mol. The number of carbonyl (C=O) groups excluding carboxylic acids is 1. The highest BCUT2D eigenvalue weighted by molar-refractivity contribution is 5.85. The molecule has 0 saturated carbocycles. The fourth-order valence-electron chi connectivity index (χ4n) is 4.24. The van der Waals surface area contributed by atoms with E-state index in [4.69, 9.17) is 0 Å². The third-order valence-electron chi connectivity index (χ3n) is 5.51. The zero-order valence-corrected chi connectivity index (χ0v) is 14.7. The van der Waals surface area contributed by atoms with Crippen LogP contribution in [0, 0.1) is 12.3 Å². The van der Waals surface area contributed by atoms with Gasteiger partial charge in [0.05, 0.1) is 11.6 Å². The summed E-state index contributed by atoms with van der Waals surface area (Å²) in [6.45, 7) is 5.31. The number of aromatic nitrogens is 2. The first kappa shape index (κ1) is 16.1. The molecule has 2 saturated heterocycles. The first-order chi connectivity index (χ1) is 12.2. The van der Waals surface area contributed by atoms with Crippen molar-refractivity contribution in [3.05, 3.63) is 54.0 Å². The van der Waals surface area contributed by atoms with Crippen molar-refractivity contribution in [2.24, 2.45) is 5.41 Å². The van der Waals surface area contributed by atoms with E-state index < -0.39 is 0 Å². The molecule has 0 N–H and O–H groups in total. The third kappa shape index (κ3) is 3.11. The Hall–Kier alpha value is -2.43. The topological polar surface area (TPSA) is 49.3 Å². The number of hydrogen-bond acceptors (Lipinski definition) is 4. The first-order valence-electron chi connectivity index (χ1n) is 9.02. The van der Waals surface area contributed by atoms with Gasteiger partial charge in [-0.05, 0) is 31.7 Å². The molecule has 1 amide bonds. The molecule has 2 aliphatic heterocycles. The number of nitrogens with zero attached hydrogens (tertiary/aromatic N) is 4. The molecule has 25 heavy (non-hydrogen) atoms. The molecule has 4 rings (SSSR count). The number of aryl methyl sites for hydroxylation is 1. The Kier molecular flexibility index (Phi) is 4.15. The molecule has 5 nitrogen and oxygen atoms in total. The molecule has 0 bridgehead atoms. The average Bonchev–Trinajstić information content (AvgIpc) is 3.05. The summed E-state index contributed by atoms with van der Waals surface area (Å²) in [5, 5.41) is 0. The van der Waals surface area contributed by atoms with E-state index in [9.17, 15) is 4.79 Å². The van der Waals surface area contributed by atoms with E-state index in [1.54, 1.807) is 18.6 Å². The molecule has 0 aliphatic carbocycles. The highest BCUT2D eigenvalue weighted by atomic mass is 16.2. The first-order valence-corrected chi connectivity index (χ1v) is 9.02. The molecule has 5 heteroatoms. The maximum Gasteiger partial charge on any atom is 0.230 e. The second-order valence-corrected chi connectivity index (χ2v) is 7.33. The molecule has 2 fully saturated rings. The number of hydrogen-bond donors (Lipinski definition) is 0. The molecular weight excluding hydrogens is 312 g/mol. The molecule has 1 aromatic heterocycles. The van der Waals surface area contributed by atoms with Crippen LogP contribution in [0.2, 0.25) is 0 Å². The molecule has 1 atom stereocenters. The Balaban J connectivity index is 1.50. The molecule has 1 aromatic carbocycles. The Morgan fingerprint density at radius 3 is 2.92 bits per heavy atom. The van der Waals surface area contributed by atoms with Crippen LogP contribution >= 0.6 is 0 Å². The zero-order chi connectivity index (χ0) is 17.3. The van der Waals surface area contributed by atoms with Crippen LogP contribution < -0.4 is 4.90 Å². The van der Waals surface area contributed by atoms with Crippen LogP contribution in [0.1, 0.15) is 30.4 Å². The summed E-state index contributed by atoms with van der Waals surface area (Å²) in [6.07, 6.45) is 8.15. The van der Waals surface area contributed by atoms with Crippen molar-refractivity contribution in [1.82, 2.24) is 14.9 Å². The van der Waals surface area contributed by atoms with Crippen molar-refractivity contribution in [3.8, 4) is 0 Å². The number of amides is 1. The molecule has 3 heterocycles. The van der Waals surface area contributed by atoms with Gasteiger partial charge in [-0.15, -0.1) is 0 Å². The average molecular weight is 336 g/mol. The van der Waals surface area contributed by atoms with Crippen molar-refractivity contribution in [2.45, 2.75) is 32.7 Å². The van der Waals surface area contributed by atoms with Crippen molar-refractivity contribution < 1.29 is 4.79 Å². The van der Waals surface area contributed by atoms with Gasteiger partial charge in [0.2, 0.25) is 5.91 Å². The summed E-state index contributed by atoms with van der Waals surface area (Å²) in [4.78, 5) is 26.1. The number of benzene rings is 1. The minimum Gasteiger partial charge on any atom is -0.354 e. The van der Waals surface area contributed by atoms with Crippen LogP contribution in [0.3, 0.4) is 0 Å². The SMILES string of the molecule is Cc1cccc(CN2CCC[C@@]3(CCN(c4cnccn4)C3)C2=O)c1. The van der Waals surface area contributed by atoms with Gasteiger partial charge in [0.15, 0.2) is 0 Å². The number of likely N-dealkylation sites (tertiary alicyclic amines) is 1. The molecule has 2 aliphatic rings. The van der Waals surface area contributed by atoms with Gasteiger partial charge in [-0.25, -0.2) is 4.98 Å². The standard InChI is InChI=1S/C20H24N4O/c1-16-4-2-5-17(12-16)14-23-10-3-6-20(19(23)25)7-11-24(15-20)18-13-21-8-9-22-18/h2,4-5,8-9,12-13H,3,6-7,10-11,14-15H2,1H3/t20-/m0/s1. The Bertz CT molecular complexity index is 763. The lowest BCUT2D eigenvalue weighted by Gasteiger charge is -2.39. The molecule has 0 unspecified atom stereocenters. The van der Waals surface area contributed by atoms with E-state index in [0.717, 1.165) is 44.7 Å². The van der Waals surface area contributed by atoms with E-state index in [1.165, 1.54) is 11.1 Å². The predicted octanol–water partition coefficient (Wildman–Crippen LogP) is 2.80. The van der Waals surface area contributed by atoms with E-state index in [2.05, 4.69) is 51.0 Å². The Labute approximate surface area is 148 Å². The normalized spacial score (nSPS) is 23.5. The van der Waals surface area contributed by atoms with Gasteiger partial charge in [-0.3, -0.25) is 9.78 Å². The lowest BCUT2D eigenvalue weighted by Crippen LogP contribution is -2.49. The summed E-state index contributed by atoms with van der Waals surface area (Å²) < 4.78 is 0. The monoisotopic (exact) mass is 336 g/mol. The highest BCUT2D eigenvalue weighted by Crippen LogP contribution is 2.41. The zero-order valence-electron chi connectivity index (χ0n) is 14.7. The molecule has 2 aromatic rings. The largest absolute Gasteiger partial charge is 0.354 e. The van der Waals surface area contributed by atoms with Crippen molar-refractivity contribution in [1.29, 1.82) is 0 Å². The van der Waals surface area contributed by atoms with E-state index in [1.807, 2.05) is 0 Å². The number of anilines is 1. The smallest absolute Gasteiger partial charge is 0.230 e. The van der Waals surface area contributed by atoms with Crippen molar-refractivity contribution in [2.75, 3.05) is 24.5 Å². The maximum absolute atomic E-state index is 13.3. The van der Waals surface area contributed by atoms with E-state index in [0.29, 0.717) is 12.5 Å². The summed E-state index contributed by atoms with van der Waals surface area (Å²) in [5.41, 5.74) is 2.21. The van der Waals surface area contributed by atoms with Crippen LogP contribution in [-0.4, -0.2) is 40.4 Å². The minimum atomic E-state index is -0.250. The van der Waals surface area contributed by atoms with E-state index in [-0.39, 0.29) is 5.41 Å². The Morgan fingerprint density at radius 2 is 2.12 bits per heavy atom. The quantitative estimate of drug-likeness (QED) is 0.865. The van der Waals surface area contributed by atoms with Gasteiger partial charge < -0.3 is 9.80 Å². The summed E-state index contributed by atoms with van der Waals surface area (Å²) in [6, 6.07) is 8.45. The van der Waals surface area contributed by atoms with Gasteiger partial charge in [0.25, 0.3) is 0 Å².